The van der Waals surface area contributed by atoms with Crippen LogP contribution in [0.4, 0.5) is 5.69 Å². The molecule has 0 aromatic heterocycles. The molecule has 0 amide bonds. The molecule has 2 rings (SSSR count). The van der Waals surface area contributed by atoms with E-state index >= 15 is 0 Å². The van der Waals surface area contributed by atoms with Crippen molar-refractivity contribution in [3.8, 4) is 0 Å². The van der Waals surface area contributed by atoms with Crippen molar-refractivity contribution in [3.63, 3.8) is 0 Å². The Balaban J connectivity index is 1.60. The van der Waals surface area contributed by atoms with E-state index in [2.05, 4.69) is 60.7 Å². The van der Waals surface area contributed by atoms with Gasteiger partial charge in [-0.2, -0.15) is 0 Å². The first-order valence-electron chi connectivity index (χ1n) is 9.24. The zero-order chi connectivity index (χ0) is 18.6. The van der Waals surface area contributed by atoms with Crippen LogP contribution in [-0.4, -0.2) is 66.1 Å². The summed E-state index contributed by atoms with van der Waals surface area (Å²) in [5.74, 6) is 1.50. The number of benzene rings is 1. The Kier molecular flexibility index (Phi) is 9.81. The standard InChI is InChI=1S/C19H31BrN4O2/c1-21-19(22-9-3-11-26-13-12-25-2)23-14-16-8-10-24(15-16)18-6-4-17(20)5-7-18/h4-7,16H,3,8-15H2,1-2H3,(H2,21,22,23). The second-order valence-corrected chi connectivity index (χ2v) is 7.33. The fraction of sp³-hybridized carbons (Fsp3) is 0.632. The molecule has 1 unspecified atom stereocenters. The minimum absolute atomic E-state index is 0.634. The van der Waals surface area contributed by atoms with Gasteiger partial charge in [-0.25, -0.2) is 0 Å². The molecule has 1 aliphatic heterocycles. The number of nitrogens with zero attached hydrogens (tertiary/aromatic N) is 2. The zero-order valence-corrected chi connectivity index (χ0v) is 17.4. The van der Waals surface area contributed by atoms with Crippen LogP contribution < -0.4 is 15.5 Å². The number of halogens is 1. The highest BCUT2D eigenvalue weighted by Gasteiger charge is 2.22. The van der Waals surface area contributed by atoms with Crippen LogP contribution in [0.3, 0.4) is 0 Å². The average Bonchev–Trinajstić information content (AvgIpc) is 3.13. The van der Waals surface area contributed by atoms with Gasteiger partial charge >= 0.3 is 0 Å². The van der Waals surface area contributed by atoms with E-state index < -0.39 is 0 Å². The number of methoxy groups -OCH3 is 1. The maximum atomic E-state index is 5.46. The van der Waals surface area contributed by atoms with Crippen LogP contribution >= 0.6 is 15.9 Å². The quantitative estimate of drug-likeness (QED) is 0.342. The number of ether oxygens (including phenoxy) is 2. The van der Waals surface area contributed by atoms with E-state index in [1.165, 1.54) is 12.1 Å². The van der Waals surface area contributed by atoms with Crippen LogP contribution in [0.2, 0.25) is 0 Å². The topological polar surface area (TPSA) is 58.1 Å². The van der Waals surface area contributed by atoms with Crippen LogP contribution in [0.15, 0.2) is 33.7 Å². The Bertz CT molecular complexity index is 539. The van der Waals surface area contributed by atoms with Gasteiger partial charge in [-0.3, -0.25) is 4.99 Å². The third kappa shape index (κ3) is 7.51. The second kappa shape index (κ2) is 12.1. The van der Waals surface area contributed by atoms with E-state index in [4.69, 9.17) is 9.47 Å². The Hall–Kier alpha value is -1.31. The molecule has 0 spiro atoms. The lowest BCUT2D eigenvalue weighted by Crippen LogP contribution is -2.40. The molecule has 1 atom stereocenters. The van der Waals surface area contributed by atoms with Crippen LogP contribution in [0.1, 0.15) is 12.8 Å². The Labute approximate surface area is 165 Å². The molecule has 0 bridgehead atoms. The van der Waals surface area contributed by atoms with Crippen molar-refractivity contribution >= 4 is 27.6 Å². The SMILES string of the molecule is CN=C(NCCCOCCOC)NCC1CCN(c2ccc(Br)cc2)C1. The van der Waals surface area contributed by atoms with Crippen LogP contribution in [0, 0.1) is 5.92 Å². The van der Waals surface area contributed by atoms with Crippen molar-refractivity contribution in [2.75, 3.05) is 65.1 Å². The van der Waals surface area contributed by atoms with Crippen LogP contribution in [-0.2, 0) is 9.47 Å². The maximum Gasteiger partial charge on any atom is 0.190 e. The number of hydrogen-bond donors (Lipinski definition) is 2. The number of hydrogen-bond acceptors (Lipinski definition) is 4. The van der Waals surface area contributed by atoms with Crippen molar-refractivity contribution in [2.45, 2.75) is 12.8 Å². The lowest BCUT2D eigenvalue weighted by atomic mass is 10.1. The fourth-order valence-corrected chi connectivity index (χ4v) is 3.24. The molecule has 2 N–H and O–H groups in total. The summed E-state index contributed by atoms with van der Waals surface area (Å²) in [5, 5.41) is 6.79. The van der Waals surface area contributed by atoms with Gasteiger partial charge in [0.25, 0.3) is 0 Å². The highest BCUT2D eigenvalue weighted by atomic mass is 79.9. The molecule has 6 nitrogen and oxygen atoms in total. The number of rotatable bonds is 10. The molecule has 7 heteroatoms. The van der Waals surface area contributed by atoms with Gasteiger partial charge in [0.05, 0.1) is 13.2 Å². The van der Waals surface area contributed by atoms with Crippen LogP contribution in [0.5, 0.6) is 0 Å². The lowest BCUT2D eigenvalue weighted by molar-refractivity contribution is 0.0698. The van der Waals surface area contributed by atoms with Crippen LogP contribution in [0.25, 0.3) is 0 Å². The Morgan fingerprint density at radius 2 is 2.04 bits per heavy atom. The number of aliphatic imine (C=N–C) groups is 1. The van der Waals surface area contributed by atoms with E-state index in [1.54, 1.807) is 7.11 Å². The van der Waals surface area contributed by atoms with E-state index in [1.807, 2.05) is 7.05 Å². The summed E-state index contributed by atoms with van der Waals surface area (Å²) in [6.07, 6.45) is 2.15. The predicted octanol–water partition coefficient (Wildman–Crippen LogP) is 2.49. The first kappa shape index (κ1) is 21.0. The van der Waals surface area contributed by atoms with E-state index in [-0.39, 0.29) is 0 Å². The smallest absolute Gasteiger partial charge is 0.190 e. The largest absolute Gasteiger partial charge is 0.382 e. The Morgan fingerprint density at radius 3 is 2.77 bits per heavy atom. The Morgan fingerprint density at radius 1 is 1.23 bits per heavy atom. The van der Waals surface area contributed by atoms with Gasteiger partial charge in [0.15, 0.2) is 5.96 Å². The number of nitrogens with one attached hydrogen (secondary N) is 2. The number of guanidine groups is 1. The molecule has 0 aliphatic carbocycles. The molecule has 0 radical (unpaired) electrons. The monoisotopic (exact) mass is 426 g/mol. The van der Waals surface area contributed by atoms with Crippen molar-refractivity contribution in [1.82, 2.24) is 10.6 Å². The van der Waals surface area contributed by atoms with Gasteiger partial charge < -0.3 is 25.0 Å². The molecule has 1 saturated heterocycles. The third-order valence-corrected chi connectivity index (χ3v) is 4.98. The minimum Gasteiger partial charge on any atom is -0.382 e. The lowest BCUT2D eigenvalue weighted by Gasteiger charge is -2.19. The molecule has 1 aliphatic rings. The van der Waals surface area contributed by atoms with Gasteiger partial charge in [-0.1, -0.05) is 15.9 Å². The third-order valence-electron chi connectivity index (χ3n) is 4.45. The maximum absolute atomic E-state index is 5.46. The van der Waals surface area contributed by atoms with Gasteiger partial charge in [-0.15, -0.1) is 0 Å². The highest BCUT2D eigenvalue weighted by molar-refractivity contribution is 9.10. The van der Waals surface area contributed by atoms with Gasteiger partial charge in [0.1, 0.15) is 0 Å². The molecule has 0 saturated carbocycles. The molecular weight excluding hydrogens is 396 g/mol. The average molecular weight is 427 g/mol. The summed E-state index contributed by atoms with van der Waals surface area (Å²) in [4.78, 5) is 6.75. The molecule has 1 heterocycles. The minimum atomic E-state index is 0.634. The summed E-state index contributed by atoms with van der Waals surface area (Å²) < 4.78 is 11.5. The first-order valence-corrected chi connectivity index (χ1v) is 10.0. The van der Waals surface area contributed by atoms with Gasteiger partial charge in [0.2, 0.25) is 0 Å². The molecule has 146 valence electrons. The van der Waals surface area contributed by atoms with E-state index in [0.29, 0.717) is 19.1 Å². The molecule has 26 heavy (non-hydrogen) atoms. The summed E-state index contributed by atoms with van der Waals surface area (Å²) in [5.41, 5.74) is 1.30. The van der Waals surface area contributed by atoms with Crippen molar-refractivity contribution < 1.29 is 9.47 Å². The highest BCUT2D eigenvalue weighted by Crippen LogP contribution is 2.24. The summed E-state index contributed by atoms with van der Waals surface area (Å²) in [7, 11) is 3.50. The fourth-order valence-electron chi connectivity index (χ4n) is 2.97. The molecule has 1 fully saturated rings. The normalized spacial score (nSPS) is 17.6. The molecule has 1 aromatic carbocycles. The zero-order valence-electron chi connectivity index (χ0n) is 15.8. The van der Waals surface area contributed by atoms with Crippen molar-refractivity contribution in [1.29, 1.82) is 0 Å². The van der Waals surface area contributed by atoms with Gasteiger partial charge in [-0.05, 0) is 43.0 Å². The molecule has 1 aromatic rings. The first-order chi connectivity index (χ1) is 12.7. The summed E-state index contributed by atoms with van der Waals surface area (Å²) >= 11 is 3.49. The molecular formula is C19H31BrN4O2. The number of anilines is 1. The summed E-state index contributed by atoms with van der Waals surface area (Å²) in [6.45, 7) is 6.02. The van der Waals surface area contributed by atoms with Crippen molar-refractivity contribution in [3.05, 3.63) is 28.7 Å². The van der Waals surface area contributed by atoms with Crippen molar-refractivity contribution in [2.24, 2.45) is 10.9 Å². The summed E-state index contributed by atoms with van der Waals surface area (Å²) in [6, 6.07) is 8.56. The second-order valence-electron chi connectivity index (χ2n) is 6.42. The van der Waals surface area contributed by atoms with E-state index in [9.17, 15) is 0 Å². The van der Waals surface area contributed by atoms with E-state index in [0.717, 1.165) is 49.6 Å². The predicted molar refractivity (Wildman–Crippen MR) is 111 cm³/mol. The van der Waals surface area contributed by atoms with Gasteiger partial charge in [0, 0.05) is 57.1 Å².